The first-order valence-corrected chi connectivity index (χ1v) is 11.9. The zero-order valence-electron chi connectivity index (χ0n) is 19.1. The first-order valence-electron chi connectivity index (χ1n) is 10.9. The molecule has 0 aliphatic carbocycles. The second-order valence-corrected chi connectivity index (χ2v) is 8.64. The van der Waals surface area contributed by atoms with Crippen molar-refractivity contribution in [3.8, 4) is 5.75 Å². The number of para-hydroxylation sites is 1. The van der Waals surface area contributed by atoms with Crippen molar-refractivity contribution in [1.29, 1.82) is 0 Å². The van der Waals surface area contributed by atoms with E-state index in [1.165, 1.54) is 23.9 Å². The van der Waals surface area contributed by atoms with Gasteiger partial charge in [-0.05, 0) is 48.9 Å². The van der Waals surface area contributed by atoms with E-state index in [0.29, 0.717) is 34.1 Å². The third-order valence-corrected chi connectivity index (χ3v) is 6.42. The van der Waals surface area contributed by atoms with Crippen LogP contribution in [0.5, 0.6) is 5.75 Å². The topological polar surface area (TPSA) is 53.4 Å². The van der Waals surface area contributed by atoms with E-state index < -0.39 is 17.7 Å². The largest absolute Gasteiger partial charge is 0.496 e. The molecule has 0 bridgehead atoms. The third-order valence-electron chi connectivity index (χ3n) is 5.40. The quantitative estimate of drug-likeness (QED) is 0.202. The van der Waals surface area contributed by atoms with Gasteiger partial charge in [0.15, 0.2) is 5.16 Å². The number of fused-ring (bicyclic) bond motifs is 1. The lowest BCUT2D eigenvalue weighted by atomic mass is 10.1. The molecule has 5 nitrogen and oxygen atoms in total. The molecule has 1 heterocycles. The molecule has 0 saturated carbocycles. The van der Waals surface area contributed by atoms with Crippen LogP contribution in [-0.2, 0) is 23.2 Å². The number of imidazole rings is 1. The minimum atomic E-state index is -4.39. The second kappa shape index (κ2) is 10.4. The lowest BCUT2D eigenvalue weighted by Gasteiger charge is -2.12. The molecule has 0 atom stereocenters. The van der Waals surface area contributed by atoms with Gasteiger partial charge < -0.3 is 14.0 Å². The van der Waals surface area contributed by atoms with Crippen molar-refractivity contribution >= 4 is 28.8 Å². The van der Waals surface area contributed by atoms with Gasteiger partial charge in [0, 0.05) is 11.3 Å². The Morgan fingerprint density at radius 2 is 1.80 bits per heavy atom. The Morgan fingerprint density at radius 1 is 1.06 bits per heavy atom. The van der Waals surface area contributed by atoms with Crippen LogP contribution >= 0.6 is 11.8 Å². The molecule has 3 aromatic carbocycles. The molecule has 1 aromatic heterocycles. The summed E-state index contributed by atoms with van der Waals surface area (Å²) < 4.78 is 51.4. The lowest BCUT2D eigenvalue weighted by molar-refractivity contribution is -0.137. The fraction of sp³-hybridized carbons (Fsp3) is 0.231. The number of halogens is 3. The van der Waals surface area contributed by atoms with E-state index in [0.717, 1.165) is 29.0 Å². The average molecular weight is 501 g/mol. The van der Waals surface area contributed by atoms with Crippen LogP contribution in [0.25, 0.3) is 11.0 Å². The van der Waals surface area contributed by atoms with Crippen molar-refractivity contribution in [2.45, 2.75) is 30.6 Å². The number of methoxy groups -OCH3 is 1. The summed E-state index contributed by atoms with van der Waals surface area (Å²) in [6, 6.07) is 17.9. The Kier molecular flexibility index (Phi) is 7.35. The summed E-state index contributed by atoms with van der Waals surface area (Å²) in [6.45, 7) is 2.32. The SMILES string of the molecule is CCOC(=O)c1ccc2c(c1)nc(SCc1ccccc1OC)n2Cc1ccc(C(F)(F)F)cc1. The van der Waals surface area contributed by atoms with Gasteiger partial charge >= 0.3 is 12.1 Å². The number of rotatable bonds is 8. The van der Waals surface area contributed by atoms with Crippen LogP contribution in [0.1, 0.15) is 34.0 Å². The van der Waals surface area contributed by atoms with Crippen molar-refractivity contribution < 1.29 is 27.4 Å². The zero-order chi connectivity index (χ0) is 25.0. The standard InChI is InChI=1S/C26H23F3N2O3S/c1-3-34-24(32)18-10-13-22-21(14-18)30-25(35-16-19-6-4-5-7-23(19)33-2)31(22)15-17-8-11-20(12-9-17)26(27,28)29/h4-14H,3,15-16H2,1-2H3. The van der Waals surface area contributed by atoms with Gasteiger partial charge in [0.25, 0.3) is 0 Å². The monoisotopic (exact) mass is 500 g/mol. The van der Waals surface area contributed by atoms with Crippen LogP contribution in [0.3, 0.4) is 0 Å². The van der Waals surface area contributed by atoms with Gasteiger partial charge in [-0.1, -0.05) is 42.1 Å². The van der Waals surface area contributed by atoms with Gasteiger partial charge in [0.05, 0.1) is 42.4 Å². The normalized spacial score (nSPS) is 11.6. The fourth-order valence-electron chi connectivity index (χ4n) is 3.66. The van der Waals surface area contributed by atoms with Gasteiger partial charge in [0.1, 0.15) is 5.75 Å². The van der Waals surface area contributed by atoms with Gasteiger partial charge in [-0.3, -0.25) is 0 Å². The van der Waals surface area contributed by atoms with Crippen LogP contribution in [0.15, 0.2) is 71.9 Å². The first kappa shape index (κ1) is 24.7. The number of alkyl halides is 3. The van der Waals surface area contributed by atoms with Crippen molar-refractivity contribution in [1.82, 2.24) is 9.55 Å². The maximum Gasteiger partial charge on any atom is 0.416 e. The molecular weight excluding hydrogens is 477 g/mol. The minimum absolute atomic E-state index is 0.263. The van der Waals surface area contributed by atoms with Crippen molar-refractivity contribution in [2.24, 2.45) is 0 Å². The van der Waals surface area contributed by atoms with Crippen LogP contribution in [-0.4, -0.2) is 29.2 Å². The number of carbonyl (C=O) groups is 1. The summed E-state index contributed by atoms with van der Waals surface area (Å²) in [5.74, 6) is 0.898. The third kappa shape index (κ3) is 5.62. The Morgan fingerprint density at radius 3 is 2.49 bits per heavy atom. The molecule has 35 heavy (non-hydrogen) atoms. The lowest BCUT2D eigenvalue weighted by Crippen LogP contribution is -2.06. The van der Waals surface area contributed by atoms with E-state index in [1.54, 1.807) is 32.2 Å². The minimum Gasteiger partial charge on any atom is -0.496 e. The molecule has 0 amide bonds. The zero-order valence-corrected chi connectivity index (χ0v) is 19.9. The number of thioether (sulfide) groups is 1. The highest BCUT2D eigenvalue weighted by molar-refractivity contribution is 7.98. The number of hydrogen-bond acceptors (Lipinski definition) is 5. The van der Waals surface area contributed by atoms with Gasteiger partial charge in [-0.25, -0.2) is 9.78 Å². The van der Waals surface area contributed by atoms with Crippen LogP contribution in [0.2, 0.25) is 0 Å². The van der Waals surface area contributed by atoms with Crippen molar-refractivity contribution in [3.05, 3.63) is 89.0 Å². The van der Waals surface area contributed by atoms with E-state index in [2.05, 4.69) is 0 Å². The molecule has 4 rings (SSSR count). The predicted molar refractivity (Wildman–Crippen MR) is 129 cm³/mol. The molecule has 182 valence electrons. The highest BCUT2D eigenvalue weighted by atomic mass is 32.2. The molecule has 0 radical (unpaired) electrons. The Bertz CT molecular complexity index is 1330. The van der Waals surface area contributed by atoms with Gasteiger partial charge in [-0.2, -0.15) is 13.2 Å². The summed E-state index contributed by atoms with van der Waals surface area (Å²) >= 11 is 1.48. The van der Waals surface area contributed by atoms with Crippen LogP contribution in [0, 0.1) is 0 Å². The highest BCUT2D eigenvalue weighted by Crippen LogP contribution is 2.32. The van der Waals surface area contributed by atoms with E-state index in [9.17, 15) is 18.0 Å². The summed E-state index contributed by atoms with van der Waals surface area (Å²) in [7, 11) is 1.61. The molecule has 0 N–H and O–H groups in total. The Labute approximate surface area is 204 Å². The molecule has 0 unspecified atom stereocenters. The molecule has 0 spiro atoms. The first-order chi connectivity index (χ1) is 16.8. The van der Waals surface area contributed by atoms with Crippen LogP contribution < -0.4 is 4.74 Å². The van der Waals surface area contributed by atoms with E-state index in [-0.39, 0.29) is 6.61 Å². The fourth-order valence-corrected chi connectivity index (χ4v) is 4.66. The number of benzene rings is 3. The molecule has 0 aliphatic rings. The highest BCUT2D eigenvalue weighted by Gasteiger charge is 2.30. The number of nitrogens with zero attached hydrogens (tertiary/aromatic N) is 2. The summed E-state index contributed by atoms with van der Waals surface area (Å²) in [6.07, 6.45) is -4.39. The average Bonchev–Trinajstić information content (AvgIpc) is 3.19. The Hall–Kier alpha value is -3.46. The van der Waals surface area contributed by atoms with Crippen molar-refractivity contribution in [2.75, 3.05) is 13.7 Å². The summed E-state index contributed by atoms with van der Waals surface area (Å²) in [5.41, 5.74) is 2.75. The summed E-state index contributed by atoms with van der Waals surface area (Å²) in [4.78, 5) is 16.9. The maximum atomic E-state index is 13.0. The van der Waals surface area contributed by atoms with Gasteiger partial charge in [-0.15, -0.1) is 0 Å². The molecular formula is C26H23F3N2O3S. The van der Waals surface area contributed by atoms with E-state index in [4.69, 9.17) is 14.5 Å². The Balaban J connectivity index is 1.70. The van der Waals surface area contributed by atoms with Crippen molar-refractivity contribution in [3.63, 3.8) is 0 Å². The number of esters is 1. The van der Waals surface area contributed by atoms with Crippen LogP contribution in [0.4, 0.5) is 13.2 Å². The number of aromatic nitrogens is 2. The summed E-state index contributed by atoms with van der Waals surface area (Å²) in [5, 5.41) is 0.673. The number of ether oxygens (including phenoxy) is 2. The molecule has 9 heteroatoms. The molecule has 0 fully saturated rings. The molecule has 0 aliphatic heterocycles. The number of carbonyl (C=O) groups excluding carboxylic acids is 1. The second-order valence-electron chi connectivity index (χ2n) is 7.70. The van der Waals surface area contributed by atoms with E-state index in [1.807, 2.05) is 28.8 Å². The predicted octanol–water partition coefficient (Wildman–Crippen LogP) is 6.58. The molecule has 4 aromatic rings. The van der Waals surface area contributed by atoms with E-state index >= 15 is 0 Å². The number of hydrogen-bond donors (Lipinski definition) is 0. The molecule has 0 saturated heterocycles. The van der Waals surface area contributed by atoms with Gasteiger partial charge in [0.2, 0.25) is 0 Å². The maximum absolute atomic E-state index is 13.0. The smallest absolute Gasteiger partial charge is 0.416 e.